The Bertz CT molecular complexity index is 598. The normalized spacial score (nSPS) is 14.2. The van der Waals surface area contributed by atoms with Crippen molar-refractivity contribution < 1.29 is 4.39 Å². The summed E-state index contributed by atoms with van der Waals surface area (Å²) in [6.45, 7) is 1.93. The van der Waals surface area contributed by atoms with E-state index in [1.165, 1.54) is 6.07 Å². The van der Waals surface area contributed by atoms with Gasteiger partial charge in [-0.25, -0.2) is 4.39 Å². The molecule has 1 atom stereocenters. The van der Waals surface area contributed by atoms with Gasteiger partial charge >= 0.3 is 0 Å². The standard InChI is InChI=1S/C15H14BrClFN/c1-15(19,11-3-2-4-12(16)8-11)9-10-5-6-13(17)14(18)7-10/h2-8H,9,19H2,1H3. The summed E-state index contributed by atoms with van der Waals surface area (Å²) < 4.78 is 14.4. The Balaban J connectivity index is 2.27. The molecule has 0 fully saturated rings. The van der Waals surface area contributed by atoms with Gasteiger partial charge in [-0.3, -0.25) is 0 Å². The smallest absolute Gasteiger partial charge is 0.142 e. The fourth-order valence-electron chi connectivity index (χ4n) is 2.02. The lowest BCUT2D eigenvalue weighted by atomic mass is 9.87. The number of hydrogen-bond donors (Lipinski definition) is 1. The van der Waals surface area contributed by atoms with Gasteiger partial charge in [-0.05, 0) is 48.7 Å². The highest BCUT2D eigenvalue weighted by atomic mass is 79.9. The first-order valence-corrected chi connectivity index (χ1v) is 7.04. The maximum atomic E-state index is 13.4. The molecule has 0 bridgehead atoms. The summed E-state index contributed by atoms with van der Waals surface area (Å²) >= 11 is 9.11. The SMILES string of the molecule is CC(N)(Cc1ccc(Cl)c(F)c1)c1cccc(Br)c1. The molecule has 2 N–H and O–H groups in total. The maximum absolute atomic E-state index is 13.4. The first-order chi connectivity index (χ1) is 8.88. The summed E-state index contributed by atoms with van der Waals surface area (Å²) in [7, 11) is 0. The molecule has 0 heterocycles. The van der Waals surface area contributed by atoms with Gasteiger partial charge in [0.15, 0.2) is 0 Å². The molecule has 1 unspecified atom stereocenters. The number of hydrogen-bond acceptors (Lipinski definition) is 1. The van der Waals surface area contributed by atoms with Crippen molar-refractivity contribution in [3.05, 3.63) is 68.9 Å². The highest BCUT2D eigenvalue weighted by Crippen LogP contribution is 2.26. The molecule has 0 aliphatic rings. The Morgan fingerprint density at radius 2 is 2.00 bits per heavy atom. The number of benzene rings is 2. The van der Waals surface area contributed by atoms with Crippen molar-refractivity contribution in [1.82, 2.24) is 0 Å². The second-order valence-corrected chi connectivity index (χ2v) is 6.18. The maximum Gasteiger partial charge on any atom is 0.142 e. The minimum atomic E-state index is -0.565. The van der Waals surface area contributed by atoms with E-state index < -0.39 is 11.4 Å². The van der Waals surface area contributed by atoms with Crippen molar-refractivity contribution in [3.63, 3.8) is 0 Å². The fraction of sp³-hybridized carbons (Fsp3) is 0.200. The molecular formula is C15H14BrClFN. The van der Waals surface area contributed by atoms with E-state index in [2.05, 4.69) is 15.9 Å². The van der Waals surface area contributed by atoms with Crippen LogP contribution in [-0.2, 0) is 12.0 Å². The Labute approximate surface area is 125 Å². The molecule has 0 aromatic heterocycles. The number of nitrogens with two attached hydrogens (primary N) is 1. The molecule has 0 saturated heterocycles. The molecule has 0 aliphatic carbocycles. The van der Waals surface area contributed by atoms with Crippen LogP contribution in [0.15, 0.2) is 46.9 Å². The first kappa shape index (κ1) is 14.5. The van der Waals surface area contributed by atoms with Crippen LogP contribution in [0.25, 0.3) is 0 Å². The third-order valence-electron chi connectivity index (χ3n) is 3.04. The van der Waals surface area contributed by atoms with Crippen LogP contribution in [0.2, 0.25) is 5.02 Å². The summed E-state index contributed by atoms with van der Waals surface area (Å²) in [5.74, 6) is -0.413. The zero-order valence-electron chi connectivity index (χ0n) is 10.5. The quantitative estimate of drug-likeness (QED) is 0.862. The van der Waals surface area contributed by atoms with Crippen LogP contribution < -0.4 is 5.73 Å². The molecule has 1 nitrogen and oxygen atoms in total. The lowest BCUT2D eigenvalue weighted by Crippen LogP contribution is -2.35. The van der Waals surface area contributed by atoms with E-state index in [4.69, 9.17) is 17.3 Å². The van der Waals surface area contributed by atoms with Gasteiger partial charge in [0.25, 0.3) is 0 Å². The van der Waals surface area contributed by atoms with E-state index in [0.29, 0.717) is 6.42 Å². The van der Waals surface area contributed by atoms with Crippen LogP contribution in [0.4, 0.5) is 4.39 Å². The molecule has 0 radical (unpaired) electrons. The molecule has 0 saturated carbocycles. The van der Waals surface area contributed by atoms with Crippen molar-refractivity contribution in [2.75, 3.05) is 0 Å². The third kappa shape index (κ3) is 3.56. The molecule has 100 valence electrons. The molecule has 0 aliphatic heterocycles. The van der Waals surface area contributed by atoms with Crippen molar-refractivity contribution in [1.29, 1.82) is 0 Å². The summed E-state index contributed by atoms with van der Waals surface area (Å²) in [5.41, 5.74) is 7.61. The van der Waals surface area contributed by atoms with Crippen LogP contribution >= 0.6 is 27.5 Å². The topological polar surface area (TPSA) is 26.0 Å². The Hall–Kier alpha value is -0.900. The summed E-state index contributed by atoms with van der Waals surface area (Å²) in [4.78, 5) is 0. The van der Waals surface area contributed by atoms with E-state index in [9.17, 15) is 4.39 Å². The molecule has 2 aromatic rings. The highest BCUT2D eigenvalue weighted by molar-refractivity contribution is 9.10. The highest BCUT2D eigenvalue weighted by Gasteiger charge is 2.22. The van der Waals surface area contributed by atoms with Gasteiger partial charge in [-0.2, -0.15) is 0 Å². The third-order valence-corrected chi connectivity index (χ3v) is 3.84. The van der Waals surface area contributed by atoms with Gasteiger partial charge in [-0.15, -0.1) is 0 Å². The van der Waals surface area contributed by atoms with Crippen molar-refractivity contribution >= 4 is 27.5 Å². The monoisotopic (exact) mass is 341 g/mol. The lowest BCUT2D eigenvalue weighted by molar-refractivity contribution is 0.489. The van der Waals surface area contributed by atoms with Gasteiger partial charge in [0.1, 0.15) is 5.82 Å². The van der Waals surface area contributed by atoms with Crippen LogP contribution in [0, 0.1) is 5.82 Å². The second kappa shape index (κ2) is 5.61. The van der Waals surface area contributed by atoms with Gasteiger partial charge in [0.2, 0.25) is 0 Å². The Morgan fingerprint density at radius 3 is 2.63 bits per heavy atom. The summed E-state index contributed by atoms with van der Waals surface area (Å²) in [5, 5.41) is 0.130. The lowest BCUT2D eigenvalue weighted by Gasteiger charge is -2.25. The largest absolute Gasteiger partial charge is 0.321 e. The van der Waals surface area contributed by atoms with Crippen molar-refractivity contribution in [2.45, 2.75) is 18.9 Å². The van der Waals surface area contributed by atoms with Crippen LogP contribution in [0.5, 0.6) is 0 Å². The zero-order valence-corrected chi connectivity index (χ0v) is 12.8. The van der Waals surface area contributed by atoms with E-state index in [1.807, 2.05) is 31.2 Å². The van der Waals surface area contributed by atoms with E-state index in [-0.39, 0.29) is 5.02 Å². The predicted octanol–water partition coefficient (Wildman–Crippen LogP) is 4.66. The number of halogens is 3. The molecule has 2 aromatic carbocycles. The zero-order chi connectivity index (χ0) is 14.0. The van der Waals surface area contributed by atoms with Gasteiger partial charge in [0.05, 0.1) is 5.02 Å². The Kier molecular flexibility index (Phi) is 4.29. The number of rotatable bonds is 3. The van der Waals surface area contributed by atoms with Gasteiger partial charge in [0, 0.05) is 10.0 Å². The van der Waals surface area contributed by atoms with E-state index >= 15 is 0 Å². The predicted molar refractivity (Wildman–Crippen MR) is 80.8 cm³/mol. The summed E-state index contributed by atoms with van der Waals surface area (Å²) in [6, 6.07) is 12.6. The molecular weight excluding hydrogens is 329 g/mol. The molecule has 2 rings (SSSR count). The first-order valence-electron chi connectivity index (χ1n) is 5.87. The Morgan fingerprint density at radius 1 is 1.26 bits per heavy atom. The van der Waals surface area contributed by atoms with Crippen LogP contribution in [-0.4, -0.2) is 0 Å². The van der Waals surface area contributed by atoms with Crippen LogP contribution in [0.1, 0.15) is 18.1 Å². The van der Waals surface area contributed by atoms with Gasteiger partial charge < -0.3 is 5.73 Å². The minimum Gasteiger partial charge on any atom is -0.321 e. The molecule has 0 spiro atoms. The molecule has 4 heteroatoms. The minimum absolute atomic E-state index is 0.130. The van der Waals surface area contributed by atoms with Crippen LogP contribution in [0.3, 0.4) is 0 Å². The average molecular weight is 343 g/mol. The fourth-order valence-corrected chi connectivity index (χ4v) is 2.54. The molecule has 19 heavy (non-hydrogen) atoms. The van der Waals surface area contributed by atoms with Gasteiger partial charge in [-0.1, -0.05) is 45.7 Å². The van der Waals surface area contributed by atoms with E-state index in [0.717, 1.165) is 15.6 Å². The molecule has 0 amide bonds. The second-order valence-electron chi connectivity index (χ2n) is 4.85. The van der Waals surface area contributed by atoms with Crippen molar-refractivity contribution in [3.8, 4) is 0 Å². The average Bonchev–Trinajstić information content (AvgIpc) is 2.33. The van der Waals surface area contributed by atoms with E-state index in [1.54, 1.807) is 12.1 Å². The summed E-state index contributed by atoms with van der Waals surface area (Å²) in [6.07, 6.45) is 0.539. The van der Waals surface area contributed by atoms with Crippen molar-refractivity contribution in [2.24, 2.45) is 5.73 Å².